The van der Waals surface area contributed by atoms with Crippen LogP contribution in [0.3, 0.4) is 0 Å². The average molecular weight is 316 g/mol. The molecule has 0 aliphatic carbocycles. The third-order valence-electron chi connectivity index (χ3n) is 3.43. The fraction of sp³-hybridized carbons (Fsp3) is 0.429. The SMILES string of the molecule is C=CC=CC(OC(C)C(C=C)=CC(OCC)=C(C)C)=C(C)CC. The van der Waals surface area contributed by atoms with Gasteiger partial charge in [-0.15, -0.1) is 0 Å². The third kappa shape index (κ3) is 7.73. The maximum atomic E-state index is 6.14. The first kappa shape index (κ1) is 21.0. The summed E-state index contributed by atoms with van der Waals surface area (Å²) in [6, 6.07) is 0. The van der Waals surface area contributed by atoms with Gasteiger partial charge in [-0.2, -0.15) is 0 Å². The summed E-state index contributed by atoms with van der Waals surface area (Å²) >= 11 is 0. The summed E-state index contributed by atoms with van der Waals surface area (Å²) in [6.45, 7) is 20.5. The second-order valence-electron chi connectivity index (χ2n) is 5.50. The van der Waals surface area contributed by atoms with Crippen LogP contribution in [0, 0.1) is 0 Å². The molecule has 0 aliphatic rings. The van der Waals surface area contributed by atoms with Crippen molar-refractivity contribution in [3.63, 3.8) is 0 Å². The topological polar surface area (TPSA) is 18.5 Å². The van der Waals surface area contributed by atoms with E-state index in [4.69, 9.17) is 9.47 Å². The molecule has 0 saturated carbocycles. The van der Waals surface area contributed by atoms with Crippen molar-refractivity contribution in [1.82, 2.24) is 0 Å². The van der Waals surface area contributed by atoms with Crippen molar-refractivity contribution in [3.05, 3.63) is 71.8 Å². The minimum atomic E-state index is -0.117. The minimum absolute atomic E-state index is 0.117. The molecule has 0 aromatic rings. The Labute approximate surface area is 142 Å². The fourth-order valence-corrected chi connectivity index (χ4v) is 1.85. The Balaban J connectivity index is 5.48. The van der Waals surface area contributed by atoms with Crippen LogP contribution in [0.5, 0.6) is 0 Å². The summed E-state index contributed by atoms with van der Waals surface area (Å²) in [4.78, 5) is 0. The quantitative estimate of drug-likeness (QED) is 0.350. The van der Waals surface area contributed by atoms with Gasteiger partial charge in [0, 0.05) is 0 Å². The van der Waals surface area contributed by atoms with Crippen LogP contribution in [-0.2, 0) is 9.47 Å². The summed E-state index contributed by atoms with van der Waals surface area (Å²) in [5, 5.41) is 0. The first-order valence-corrected chi connectivity index (χ1v) is 8.20. The number of rotatable bonds is 10. The van der Waals surface area contributed by atoms with Crippen LogP contribution in [0.25, 0.3) is 0 Å². The summed E-state index contributed by atoms with van der Waals surface area (Å²) in [7, 11) is 0. The highest BCUT2D eigenvalue weighted by Crippen LogP contribution is 2.20. The van der Waals surface area contributed by atoms with Gasteiger partial charge in [-0.05, 0) is 69.9 Å². The van der Waals surface area contributed by atoms with Crippen molar-refractivity contribution in [3.8, 4) is 0 Å². The van der Waals surface area contributed by atoms with Gasteiger partial charge in [-0.25, -0.2) is 0 Å². The molecule has 0 N–H and O–H groups in total. The maximum Gasteiger partial charge on any atom is 0.121 e. The van der Waals surface area contributed by atoms with Crippen molar-refractivity contribution >= 4 is 0 Å². The molecule has 0 spiro atoms. The maximum absolute atomic E-state index is 6.14. The molecule has 0 bridgehead atoms. The molecule has 23 heavy (non-hydrogen) atoms. The van der Waals surface area contributed by atoms with Crippen molar-refractivity contribution in [2.45, 2.75) is 54.1 Å². The highest BCUT2D eigenvalue weighted by molar-refractivity contribution is 5.32. The van der Waals surface area contributed by atoms with E-state index in [0.29, 0.717) is 6.61 Å². The second-order valence-corrected chi connectivity index (χ2v) is 5.50. The first-order chi connectivity index (χ1) is 10.9. The largest absolute Gasteiger partial charge is 0.494 e. The third-order valence-corrected chi connectivity index (χ3v) is 3.43. The molecule has 0 radical (unpaired) electrons. The fourth-order valence-electron chi connectivity index (χ4n) is 1.85. The summed E-state index contributed by atoms with van der Waals surface area (Å²) in [5.41, 5.74) is 3.32. The van der Waals surface area contributed by atoms with E-state index in [1.54, 1.807) is 6.08 Å². The molecule has 0 amide bonds. The van der Waals surface area contributed by atoms with E-state index in [9.17, 15) is 0 Å². The Morgan fingerprint density at radius 3 is 2.17 bits per heavy atom. The molecule has 0 saturated heterocycles. The Morgan fingerprint density at radius 2 is 1.74 bits per heavy atom. The van der Waals surface area contributed by atoms with Crippen LogP contribution in [0.1, 0.15) is 48.0 Å². The molecular weight excluding hydrogens is 284 g/mol. The van der Waals surface area contributed by atoms with Crippen molar-refractivity contribution in [1.29, 1.82) is 0 Å². The lowest BCUT2D eigenvalue weighted by Gasteiger charge is -2.19. The van der Waals surface area contributed by atoms with Crippen LogP contribution in [0.4, 0.5) is 0 Å². The van der Waals surface area contributed by atoms with E-state index >= 15 is 0 Å². The molecule has 0 aromatic heterocycles. The highest BCUT2D eigenvalue weighted by atomic mass is 16.5. The van der Waals surface area contributed by atoms with E-state index in [-0.39, 0.29) is 6.10 Å². The van der Waals surface area contributed by atoms with Gasteiger partial charge in [0.1, 0.15) is 17.6 Å². The molecule has 0 fully saturated rings. The second kappa shape index (κ2) is 11.6. The Kier molecular flexibility index (Phi) is 10.6. The van der Waals surface area contributed by atoms with Crippen molar-refractivity contribution in [2.75, 3.05) is 6.61 Å². The van der Waals surface area contributed by atoms with E-state index in [1.165, 1.54) is 5.57 Å². The molecule has 0 heterocycles. The Morgan fingerprint density at radius 1 is 1.09 bits per heavy atom. The lowest BCUT2D eigenvalue weighted by molar-refractivity contribution is 0.169. The molecule has 0 aliphatic heterocycles. The van der Waals surface area contributed by atoms with E-state index < -0.39 is 0 Å². The van der Waals surface area contributed by atoms with Gasteiger partial charge in [0.05, 0.1) is 6.61 Å². The Bertz CT molecular complexity index is 512. The molecule has 1 unspecified atom stereocenters. The van der Waals surface area contributed by atoms with Crippen molar-refractivity contribution < 1.29 is 9.47 Å². The number of hydrogen-bond acceptors (Lipinski definition) is 2. The van der Waals surface area contributed by atoms with Gasteiger partial charge in [0.2, 0.25) is 0 Å². The van der Waals surface area contributed by atoms with Gasteiger partial charge in [-0.1, -0.05) is 38.3 Å². The van der Waals surface area contributed by atoms with Gasteiger partial charge < -0.3 is 9.47 Å². The van der Waals surface area contributed by atoms with E-state index in [0.717, 1.165) is 29.1 Å². The molecule has 0 aromatic carbocycles. The zero-order chi connectivity index (χ0) is 17.8. The van der Waals surface area contributed by atoms with E-state index in [1.807, 2.05) is 52.0 Å². The van der Waals surface area contributed by atoms with E-state index in [2.05, 4.69) is 27.0 Å². The number of ether oxygens (including phenoxy) is 2. The highest BCUT2D eigenvalue weighted by Gasteiger charge is 2.11. The van der Waals surface area contributed by atoms with Crippen LogP contribution >= 0.6 is 0 Å². The average Bonchev–Trinajstić information content (AvgIpc) is 2.53. The molecule has 2 nitrogen and oxygen atoms in total. The predicted molar refractivity (Wildman–Crippen MR) is 101 cm³/mol. The van der Waals surface area contributed by atoms with Crippen molar-refractivity contribution in [2.24, 2.45) is 0 Å². The van der Waals surface area contributed by atoms with Crippen LogP contribution < -0.4 is 0 Å². The smallest absolute Gasteiger partial charge is 0.121 e. The molecule has 2 heteroatoms. The molecule has 128 valence electrons. The lowest BCUT2D eigenvalue weighted by atomic mass is 10.1. The normalized spacial score (nSPS) is 14.1. The van der Waals surface area contributed by atoms with Gasteiger partial charge in [0.25, 0.3) is 0 Å². The van der Waals surface area contributed by atoms with Gasteiger partial charge >= 0.3 is 0 Å². The summed E-state index contributed by atoms with van der Waals surface area (Å²) < 4.78 is 11.8. The summed E-state index contributed by atoms with van der Waals surface area (Å²) in [6.07, 6.45) is 10.2. The van der Waals surface area contributed by atoms with Crippen LogP contribution in [-0.4, -0.2) is 12.7 Å². The number of hydrogen-bond donors (Lipinski definition) is 0. The van der Waals surface area contributed by atoms with Gasteiger partial charge in [-0.3, -0.25) is 0 Å². The van der Waals surface area contributed by atoms with Crippen LogP contribution in [0.15, 0.2) is 71.8 Å². The first-order valence-electron chi connectivity index (χ1n) is 8.20. The van der Waals surface area contributed by atoms with Gasteiger partial charge in [0.15, 0.2) is 0 Å². The van der Waals surface area contributed by atoms with Crippen LogP contribution in [0.2, 0.25) is 0 Å². The number of allylic oxidation sites excluding steroid dienone is 6. The molecule has 0 rings (SSSR count). The standard InChI is InChI=1S/C21H32O2/c1-9-13-14-20(17(7)10-2)23-18(8)19(11-3)15-21(16(5)6)22-12-4/h9,11,13-15,18H,1,3,10,12H2,2,4-8H3. The molecular formula is C21H32O2. The Hall–Kier alpha value is -1.96. The zero-order valence-corrected chi connectivity index (χ0v) is 15.6. The minimum Gasteiger partial charge on any atom is -0.494 e. The predicted octanol–water partition coefficient (Wildman–Crippen LogP) is 6.26. The lowest BCUT2D eigenvalue weighted by Crippen LogP contribution is -2.11. The monoisotopic (exact) mass is 316 g/mol. The summed E-state index contributed by atoms with van der Waals surface area (Å²) in [5.74, 6) is 1.75. The molecule has 1 atom stereocenters. The zero-order valence-electron chi connectivity index (χ0n) is 15.6.